The molecular weight excluding hydrogens is 358 g/mol. The maximum atomic E-state index is 9.23. The van der Waals surface area contributed by atoms with Crippen molar-refractivity contribution in [2.45, 2.75) is 9.79 Å². The summed E-state index contributed by atoms with van der Waals surface area (Å²) in [5.74, 6) is 0.966. The third kappa shape index (κ3) is 4.35. The van der Waals surface area contributed by atoms with Crippen LogP contribution in [0.5, 0.6) is 0 Å². The lowest BCUT2D eigenvalue weighted by atomic mass is 10.1. The molecule has 0 radical (unpaired) electrons. The van der Waals surface area contributed by atoms with E-state index in [9.17, 15) is 5.11 Å². The second-order valence-corrected chi connectivity index (χ2v) is 7.48. The molecule has 0 atom stereocenters. The predicted molar refractivity (Wildman–Crippen MR) is 109 cm³/mol. The van der Waals surface area contributed by atoms with E-state index in [4.69, 9.17) is 15.2 Å². The molecule has 4 rings (SSSR count). The van der Waals surface area contributed by atoms with Crippen LogP contribution in [0.15, 0.2) is 63.3 Å². The van der Waals surface area contributed by atoms with Crippen molar-refractivity contribution in [3.8, 4) is 0 Å². The molecule has 142 valence electrons. The van der Waals surface area contributed by atoms with Gasteiger partial charge in [-0.05, 0) is 18.2 Å². The number of rotatable bonds is 5. The zero-order valence-corrected chi connectivity index (χ0v) is 15.8. The molecule has 2 aromatic carbocycles. The smallest absolute Gasteiger partial charge is 0.137 e. The summed E-state index contributed by atoms with van der Waals surface area (Å²) in [6.45, 7) is -2.25. The molecule has 2 aliphatic rings. The molecule has 5 nitrogen and oxygen atoms in total. The van der Waals surface area contributed by atoms with Crippen molar-refractivity contribution in [2.24, 2.45) is 4.99 Å². The van der Waals surface area contributed by atoms with Crippen molar-refractivity contribution < 1.29 is 15.3 Å². The van der Waals surface area contributed by atoms with E-state index < -0.39 is 13.1 Å². The third-order valence-corrected chi connectivity index (χ3v) is 5.88. The Morgan fingerprint density at radius 1 is 1.04 bits per heavy atom. The first-order valence-electron chi connectivity index (χ1n) is 11.0. The predicted octanol–water partition coefficient (Wildman–Crippen LogP) is 2.86. The first-order valence-corrected chi connectivity index (χ1v) is 9.85. The van der Waals surface area contributed by atoms with Crippen molar-refractivity contribution in [1.29, 1.82) is 0 Å². The van der Waals surface area contributed by atoms with Gasteiger partial charge in [-0.3, -0.25) is 4.90 Å². The summed E-state index contributed by atoms with van der Waals surface area (Å²) in [6.07, 6.45) is 0. The molecule has 27 heavy (non-hydrogen) atoms. The molecule has 0 unspecified atom stereocenters. The Labute approximate surface area is 170 Å². The first kappa shape index (κ1) is 14.2. The summed E-state index contributed by atoms with van der Waals surface area (Å²) in [5.41, 5.74) is 2.09. The first-order chi connectivity index (χ1) is 14.7. The van der Waals surface area contributed by atoms with E-state index in [2.05, 4.69) is 28.0 Å². The fourth-order valence-corrected chi connectivity index (χ4v) is 4.37. The summed E-state index contributed by atoms with van der Waals surface area (Å²) in [6, 6.07) is 16.5. The number of hydrogen-bond donors (Lipinski definition) is 1. The molecule has 6 heteroatoms. The number of aliphatic imine (C=N–C) groups is 1. The van der Waals surface area contributed by atoms with Gasteiger partial charge in [0, 0.05) is 48.1 Å². The molecular formula is C21H25N3O2S. The van der Waals surface area contributed by atoms with E-state index in [1.54, 1.807) is 11.8 Å². The van der Waals surface area contributed by atoms with Crippen LogP contribution < -0.4 is 0 Å². The summed E-state index contributed by atoms with van der Waals surface area (Å²) < 4.78 is 34.2. The molecule has 0 bridgehead atoms. The highest BCUT2D eigenvalue weighted by atomic mass is 32.2. The van der Waals surface area contributed by atoms with Gasteiger partial charge in [0.2, 0.25) is 0 Å². The summed E-state index contributed by atoms with van der Waals surface area (Å²) in [5, 5.41) is 9.23. The van der Waals surface area contributed by atoms with E-state index in [1.807, 2.05) is 30.3 Å². The number of nitrogens with zero attached hydrogens (tertiary/aromatic N) is 3. The number of para-hydroxylation sites is 1. The Morgan fingerprint density at radius 3 is 2.59 bits per heavy atom. The standard InChI is InChI=1S/C21H25N3O2S/c25-14-16-26-15-13-23-9-11-24(12-10-23)21-17-5-1-3-7-19(17)27-20-8-4-2-6-18(20)22-21/h1-8,25H,9-16H2/i14D2,16D2. The summed E-state index contributed by atoms with van der Waals surface area (Å²) in [7, 11) is 0. The molecule has 1 fully saturated rings. The molecule has 1 N–H and O–H groups in total. The highest BCUT2D eigenvalue weighted by Crippen LogP contribution is 2.40. The zero-order valence-electron chi connectivity index (χ0n) is 19.0. The highest BCUT2D eigenvalue weighted by Gasteiger charge is 2.24. The van der Waals surface area contributed by atoms with Crippen LogP contribution in [-0.4, -0.2) is 73.2 Å². The van der Waals surface area contributed by atoms with Crippen LogP contribution >= 0.6 is 11.8 Å². The van der Waals surface area contributed by atoms with Crippen LogP contribution in [0.3, 0.4) is 0 Å². The van der Waals surface area contributed by atoms with Gasteiger partial charge in [0.15, 0.2) is 0 Å². The summed E-state index contributed by atoms with van der Waals surface area (Å²) >= 11 is 1.73. The molecule has 0 aliphatic carbocycles. The quantitative estimate of drug-likeness (QED) is 0.855. The Hall–Kier alpha value is -1.86. The number of benzene rings is 2. The maximum Gasteiger partial charge on any atom is 0.137 e. The molecule has 2 heterocycles. The number of amidine groups is 1. The van der Waals surface area contributed by atoms with Gasteiger partial charge in [0.05, 0.1) is 30.9 Å². The number of ether oxygens (including phenoxy) is 1. The Morgan fingerprint density at radius 2 is 1.78 bits per heavy atom. The van der Waals surface area contributed by atoms with Crippen LogP contribution in [0.2, 0.25) is 0 Å². The molecule has 0 saturated carbocycles. The minimum absolute atomic E-state index is 0.000858. The van der Waals surface area contributed by atoms with E-state index in [0.29, 0.717) is 6.54 Å². The van der Waals surface area contributed by atoms with Gasteiger partial charge in [-0.1, -0.05) is 42.1 Å². The van der Waals surface area contributed by atoms with E-state index in [0.717, 1.165) is 48.2 Å². The zero-order chi connectivity index (χ0) is 22.1. The number of fused-ring (bicyclic) bond motifs is 2. The van der Waals surface area contributed by atoms with Crippen LogP contribution in [0.1, 0.15) is 11.0 Å². The van der Waals surface area contributed by atoms with Gasteiger partial charge in [0.1, 0.15) is 5.84 Å². The molecule has 2 aromatic rings. The molecule has 1 saturated heterocycles. The fraction of sp³-hybridized carbons (Fsp3) is 0.381. The van der Waals surface area contributed by atoms with Crippen molar-refractivity contribution >= 4 is 23.3 Å². The average molecular weight is 388 g/mol. The van der Waals surface area contributed by atoms with Crippen molar-refractivity contribution in [3.05, 3.63) is 54.1 Å². The van der Waals surface area contributed by atoms with Gasteiger partial charge < -0.3 is 14.7 Å². The Balaban J connectivity index is 1.42. The minimum atomic E-state index is -3.04. The SMILES string of the molecule is [2H]C([2H])(O)C([2H])([2H])OCCN1CCN(C2=Nc3ccccc3Sc3ccccc32)CC1. The van der Waals surface area contributed by atoms with Crippen LogP contribution in [0.4, 0.5) is 5.69 Å². The average Bonchev–Trinajstić information content (AvgIpc) is 2.90. The Bertz CT molecular complexity index is 960. The van der Waals surface area contributed by atoms with Gasteiger partial charge in [-0.15, -0.1) is 0 Å². The van der Waals surface area contributed by atoms with Crippen LogP contribution in [0.25, 0.3) is 0 Å². The van der Waals surface area contributed by atoms with Crippen molar-refractivity contribution in [2.75, 3.05) is 52.4 Å². The summed E-state index contributed by atoms with van der Waals surface area (Å²) in [4.78, 5) is 11.8. The number of hydrogen-bond acceptors (Lipinski definition) is 6. The highest BCUT2D eigenvalue weighted by molar-refractivity contribution is 7.99. The topological polar surface area (TPSA) is 48.3 Å². The number of piperazine rings is 1. The molecule has 0 spiro atoms. The third-order valence-electron chi connectivity index (χ3n) is 4.74. The molecule has 0 amide bonds. The lowest BCUT2D eigenvalue weighted by Crippen LogP contribution is -2.49. The van der Waals surface area contributed by atoms with E-state index >= 15 is 0 Å². The van der Waals surface area contributed by atoms with Gasteiger partial charge in [-0.2, -0.15) is 0 Å². The minimum Gasteiger partial charge on any atom is -0.394 e. The molecule has 0 aromatic heterocycles. The van der Waals surface area contributed by atoms with Crippen molar-refractivity contribution in [3.63, 3.8) is 0 Å². The van der Waals surface area contributed by atoms with Gasteiger partial charge >= 0.3 is 0 Å². The van der Waals surface area contributed by atoms with E-state index in [1.165, 1.54) is 4.90 Å². The fourth-order valence-electron chi connectivity index (χ4n) is 3.35. The van der Waals surface area contributed by atoms with Gasteiger partial charge in [0.25, 0.3) is 0 Å². The van der Waals surface area contributed by atoms with Crippen LogP contribution in [-0.2, 0) is 4.74 Å². The van der Waals surface area contributed by atoms with Crippen molar-refractivity contribution in [1.82, 2.24) is 9.80 Å². The van der Waals surface area contributed by atoms with Gasteiger partial charge in [-0.25, -0.2) is 4.99 Å². The van der Waals surface area contributed by atoms with Crippen LogP contribution in [0, 0.1) is 0 Å². The van der Waals surface area contributed by atoms with E-state index in [-0.39, 0.29) is 6.61 Å². The Kier molecular flexibility index (Phi) is 4.67. The molecule has 2 aliphatic heterocycles. The normalized spacial score (nSPS) is 20.3. The lowest BCUT2D eigenvalue weighted by molar-refractivity contribution is 0.0652. The monoisotopic (exact) mass is 387 g/mol. The number of aliphatic hydroxyl groups is 1. The maximum absolute atomic E-state index is 9.23. The second-order valence-electron chi connectivity index (χ2n) is 6.39. The largest absolute Gasteiger partial charge is 0.394 e. The second kappa shape index (κ2) is 8.89. The lowest BCUT2D eigenvalue weighted by Gasteiger charge is -2.36.